The number of carbonyl (C=O) groups excluding carboxylic acids is 1. The molecule has 1 aromatic carbocycles. The van der Waals surface area contributed by atoms with Gasteiger partial charge in [-0.15, -0.1) is 0 Å². The van der Waals surface area contributed by atoms with Crippen molar-refractivity contribution in [2.45, 2.75) is 18.7 Å². The van der Waals surface area contributed by atoms with Gasteiger partial charge in [0.25, 0.3) is 0 Å². The lowest BCUT2D eigenvalue weighted by atomic mass is 10.3. The molecule has 8 heteroatoms. The van der Waals surface area contributed by atoms with E-state index in [4.69, 9.17) is 5.73 Å². The second-order valence-electron chi connectivity index (χ2n) is 4.07. The van der Waals surface area contributed by atoms with E-state index in [9.17, 15) is 17.6 Å². The van der Waals surface area contributed by atoms with Crippen LogP contribution in [0.4, 0.5) is 10.1 Å². The Bertz CT molecular complexity index is 586. The van der Waals surface area contributed by atoms with Gasteiger partial charge in [-0.2, -0.15) is 0 Å². The van der Waals surface area contributed by atoms with Crippen molar-refractivity contribution in [3.05, 3.63) is 24.0 Å². The van der Waals surface area contributed by atoms with Crippen LogP contribution in [0.3, 0.4) is 0 Å². The van der Waals surface area contributed by atoms with E-state index in [1.807, 2.05) is 0 Å². The zero-order valence-electron chi connectivity index (χ0n) is 11.4. The van der Waals surface area contributed by atoms with E-state index in [2.05, 4.69) is 4.72 Å². The standard InChI is InChI=1S/C12H18FN3O3S/c1-3-16(4-2)12(17)8-15-20(18,19)11-7-9(13)5-6-10(11)14/h5-7,15H,3-4,8,14H2,1-2H3. The molecule has 0 fully saturated rings. The highest BCUT2D eigenvalue weighted by molar-refractivity contribution is 7.89. The minimum Gasteiger partial charge on any atom is -0.398 e. The molecule has 1 amide bonds. The predicted octanol–water partition coefficient (Wildman–Crippen LogP) is 0.555. The van der Waals surface area contributed by atoms with Crippen LogP contribution in [0.15, 0.2) is 23.1 Å². The van der Waals surface area contributed by atoms with Gasteiger partial charge in [0.05, 0.1) is 12.2 Å². The highest BCUT2D eigenvalue weighted by Crippen LogP contribution is 2.18. The number of nitrogens with one attached hydrogen (secondary N) is 1. The number of likely N-dealkylation sites (N-methyl/N-ethyl adjacent to an activating group) is 1. The quantitative estimate of drug-likeness (QED) is 0.751. The first-order valence-electron chi connectivity index (χ1n) is 6.14. The summed E-state index contributed by atoms with van der Waals surface area (Å²) in [6.07, 6.45) is 0. The zero-order valence-corrected chi connectivity index (χ0v) is 12.2. The van der Waals surface area contributed by atoms with Crippen LogP contribution in [0.1, 0.15) is 13.8 Å². The summed E-state index contributed by atoms with van der Waals surface area (Å²) in [7, 11) is -4.02. The van der Waals surface area contributed by atoms with Gasteiger partial charge < -0.3 is 10.6 Å². The third-order valence-electron chi connectivity index (χ3n) is 2.79. The molecule has 0 heterocycles. The van der Waals surface area contributed by atoms with E-state index in [0.29, 0.717) is 13.1 Å². The molecule has 1 rings (SSSR count). The largest absolute Gasteiger partial charge is 0.398 e. The first kappa shape index (κ1) is 16.4. The molecule has 0 unspecified atom stereocenters. The van der Waals surface area contributed by atoms with Crippen molar-refractivity contribution in [3.8, 4) is 0 Å². The molecule has 0 saturated carbocycles. The van der Waals surface area contributed by atoms with Crippen LogP contribution in [-0.4, -0.2) is 38.9 Å². The van der Waals surface area contributed by atoms with Crippen LogP contribution in [-0.2, 0) is 14.8 Å². The van der Waals surface area contributed by atoms with Gasteiger partial charge >= 0.3 is 0 Å². The molecule has 0 atom stereocenters. The Morgan fingerprint density at radius 2 is 1.95 bits per heavy atom. The molecule has 20 heavy (non-hydrogen) atoms. The Balaban J connectivity index is 2.86. The Morgan fingerprint density at radius 3 is 2.50 bits per heavy atom. The van der Waals surface area contributed by atoms with Gasteiger partial charge in [-0.3, -0.25) is 4.79 Å². The highest BCUT2D eigenvalue weighted by atomic mass is 32.2. The number of halogens is 1. The van der Waals surface area contributed by atoms with Gasteiger partial charge in [-0.1, -0.05) is 0 Å². The minimum atomic E-state index is -4.02. The van der Waals surface area contributed by atoms with Crippen molar-refractivity contribution in [1.82, 2.24) is 9.62 Å². The second-order valence-corrected chi connectivity index (χ2v) is 5.81. The number of nitrogens with two attached hydrogens (primary N) is 1. The van der Waals surface area contributed by atoms with Gasteiger partial charge in [-0.05, 0) is 32.0 Å². The molecular weight excluding hydrogens is 285 g/mol. The average Bonchev–Trinajstić information content (AvgIpc) is 2.40. The van der Waals surface area contributed by atoms with E-state index in [-0.39, 0.29) is 23.0 Å². The van der Waals surface area contributed by atoms with Crippen LogP contribution in [0, 0.1) is 5.82 Å². The monoisotopic (exact) mass is 303 g/mol. The maximum atomic E-state index is 13.1. The predicted molar refractivity (Wildman–Crippen MR) is 73.9 cm³/mol. The lowest BCUT2D eigenvalue weighted by molar-refractivity contribution is -0.129. The third-order valence-corrected chi connectivity index (χ3v) is 4.25. The maximum absolute atomic E-state index is 13.1. The summed E-state index contributed by atoms with van der Waals surface area (Å²) in [5.41, 5.74) is 5.44. The number of hydrogen-bond acceptors (Lipinski definition) is 4. The summed E-state index contributed by atoms with van der Waals surface area (Å²) in [6, 6.07) is 3.05. The number of nitrogens with zero attached hydrogens (tertiary/aromatic N) is 1. The fourth-order valence-electron chi connectivity index (χ4n) is 1.66. The van der Waals surface area contributed by atoms with Crippen LogP contribution in [0.2, 0.25) is 0 Å². The van der Waals surface area contributed by atoms with Crippen molar-refractivity contribution in [2.75, 3.05) is 25.4 Å². The Labute approximate surface area is 117 Å². The number of amides is 1. The van der Waals surface area contributed by atoms with Gasteiger partial charge in [-0.25, -0.2) is 17.5 Å². The molecule has 0 aliphatic heterocycles. The molecule has 112 valence electrons. The number of anilines is 1. The van der Waals surface area contributed by atoms with Gasteiger partial charge in [0, 0.05) is 13.1 Å². The molecular formula is C12H18FN3O3S. The first-order valence-corrected chi connectivity index (χ1v) is 7.62. The average molecular weight is 303 g/mol. The first-order chi connectivity index (χ1) is 9.31. The van der Waals surface area contributed by atoms with Crippen molar-refractivity contribution in [2.24, 2.45) is 0 Å². The van der Waals surface area contributed by atoms with Crippen LogP contribution in [0.5, 0.6) is 0 Å². The number of sulfonamides is 1. The third kappa shape index (κ3) is 3.91. The summed E-state index contributed by atoms with van der Waals surface area (Å²) in [5.74, 6) is -1.07. The molecule has 0 radical (unpaired) electrons. The lowest BCUT2D eigenvalue weighted by Crippen LogP contribution is -2.40. The number of carbonyl (C=O) groups is 1. The summed E-state index contributed by atoms with van der Waals surface area (Å²) >= 11 is 0. The van der Waals surface area contributed by atoms with Gasteiger partial charge in [0.2, 0.25) is 15.9 Å². The number of rotatable bonds is 6. The lowest BCUT2D eigenvalue weighted by Gasteiger charge is -2.18. The Kier molecular flexibility index (Phi) is 5.46. The normalized spacial score (nSPS) is 11.3. The van der Waals surface area contributed by atoms with E-state index in [1.165, 1.54) is 4.90 Å². The molecule has 0 saturated heterocycles. The molecule has 0 spiro atoms. The molecule has 0 aliphatic carbocycles. The summed E-state index contributed by atoms with van der Waals surface area (Å²) < 4.78 is 39.2. The smallest absolute Gasteiger partial charge is 0.243 e. The molecule has 6 nitrogen and oxygen atoms in total. The van der Waals surface area contributed by atoms with Crippen molar-refractivity contribution >= 4 is 21.6 Å². The zero-order chi connectivity index (χ0) is 15.3. The molecule has 0 aliphatic rings. The topological polar surface area (TPSA) is 92.5 Å². The SMILES string of the molecule is CCN(CC)C(=O)CNS(=O)(=O)c1cc(F)ccc1N. The van der Waals surface area contributed by atoms with Crippen molar-refractivity contribution < 1.29 is 17.6 Å². The fourth-order valence-corrected chi connectivity index (χ4v) is 2.78. The van der Waals surface area contributed by atoms with Gasteiger partial charge in [0.15, 0.2) is 0 Å². The maximum Gasteiger partial charge on any atom is 0.243 e. The second kappa shape index (κ2) is 6.67. The van der Waals surface area contributed by atoms with E-state index < -0.39 is 15.8 Å². The highest BCUT2D eigenvalue weighted by Gasteiger charge is 2.20. The number of benzene rings is 1. The van der Waals surface area contributed by atoms with Crippen LogP contribution in [0.25, 0.3) is 0 Å². The van der Waals surface area contributed by atoms with E-state index in [1.54, 1.807) is 13.8 Å². The summed E-state index contributed by atoms with van der Waals surface area (Å²) in [4.78, 5) is 12.8. The molecule has 3 N–H and O–H groups in total. The molecule has 0 bridgehead atoms. The van der Waals surface area contributed by atoms with E-state index >= 15 is 0 Å². The number of nitrogen functional groups attached to an aromatic ring is 1. The Morgan fingerprint density at radius 1 is 1.35 bits per heavy atom. The van der Waals surface area contributed by atoms with Crippen LogP contribution >= 0.6 is 0 Å². The van der Waals surface area contributed by atoms with Crippen molar-refractivity contribution in [1.29, 1.82) is 0 Å². The van der Waals surface area contributed by atoms with E-state index in [0.717, 1.165) is 18.2 Å². The molecule has 0 aromatic heterocycles. The Hall–Kier alpha value is -1.67. The van der Waals surface area contributed by atoms with Crippen LogP contribution < -0.4 is 10.5 Å². The molecule has 1 aromatic rings. The summed E-state index contributed by atoms with van der Waals surface area (Å²) in [6.45, 7) is 4.17. The van der Waals surface area contributed by atoms with Gasteiger partial charge in [0.1, 0.15) is 10.7 Å². The van der Waals surface area contributed by atoms with Crippen molar-refractivity contribution in [3.63, 3.8) is 0 Å². The minimum absolute atomic E-state index is 0.0748. The fraction of sp³-hybridized carbons (Fsp3) is 0.417. The summed E-state index contributed by atoms with van der Waals surface area (Å²) in [5, 5.41) is 0. The number of hydrogen-bond donors (Lipinski definition) is 2.